The van der Waals surface area contributed by atoms with E-state index in [9.17, 15) is 9.18 Å². The quantitative estimate of drug-likeness (QED) is 0.888. The van der Waals surface area contributed by atoms with Crippen LogP contribution in [0.3, 0.4) is 0 Å². The van der Waals surface area contributed by atoms with Gasteiger partial charge in [0.15, 0.2) is 0 Å². The Hall–Kier alpha value is -2.14. The van der Waals surface area contributed by atoms with Gasteiger partial charge in [-0.05, 0) is 36.8 Å². The minimum absolute atomic E-state index is 0.0460. The first kappa shape index (κ1) is 13.3. The molecule has 4 nitrogen and oxygen atoms in total. The van der Waals surface area contributed by atoms with E-state index in [4.69, 9.17) is 17.3 Å². The van der Waals surface area contributed by atoms with E-state index in [2.05, 4.69) is 10.3 Å². The SMILES string of the molecule is Cc1cc(NC(=O)c2ccc(F)cc2Cl)ncc1N. The summed E-state index contributed by atoms with van der Waals surface area (Å²) in [7, 11) is 0. The molecular formula is C13H11ClFN3O. The third kappa shape index (κ3) is 3.00. The van der Waals surface area contributed by atoms with Crippen molar-refractivity contribution in [1.82, 2.24) is 4.98 Å². The van der Waals surface area contributed by atoms with Crippen molar-refractivity contribution >= 4 is 29.0 Å². The Morgan fingerprint density at radius 2 is 2.16 bits per heavy atom. The van der Waals surface area contributed by atoms with Gasteiger partial charge in [0.25, 0.3) is 5.91 Å². The number of pyridine rings is 1. The number of anilines is 2. The fourth-order valence-electron chi connectivity index (χ4n) is 1.49. The van der Waals surface area contributed by atoms with E-state index in [1.807, 2.05) is 0 Å². The van der Waals surface area contributed by atoms with Crippen molar-refractivity contribution in [3.8, 4) is 0 Å². The topological polar surface area (TPSA) is 68.0 Å². The zero-order valence-corrected chi connectivity index (χ0v) is 10.8. The number of halogens is 2. The largest absolute Gasteiger partial charge is 0.397 e. The maximum Gasteiger partial charge on any atom is 0.258 e. The first-order valence-electron chi connectivity index (χ1n) is 5.46. The average Bonchev–Trinajstić information content (AvgIpc) is 2.33. The third-order valence-corrected chi connectivity index (χ3v) is 2.88. The van der Waals surface area contributed by atoms with E-state index in [0.717, 1.165) is 11.6 Å². The lowest BCUT2D eigenvalue weighted by Crippen LogP contribution is -2.14. The summed E-state index contributed by atoms with van der Waals surface area (Å²) in [5.41, 5.74) is 7.15. The van der Waals surface area contributed by atoms with Crippen LogP contribution in [0.15, 0.2) is 30.5 Å². The van der Waals surface area contributed by atoms with Crippen LogP contribution >= 0.6 is 11.6 Å². The van der Waals surface area contributed by atoms with E-state index in [1.165, 1.54) is 18.3 Å². The number of hydrogen-bond donors (Lipinski definition) is 2. The first-order valence-corrected chi connectivity index (χ1v) is 5.83. The molecule has 1 aromatic carbocycles. The second-order valence-corrected chi connectivity index (χ2v) is 4.41. The number of carbonyl (C=O) groups excluding carboxylic acids is 1. The Balaban J connectivity index is 2.23. The molecule has 2 rings (SSSR count). The van der Waals surface area contributed by atoms with Crippen LogP contribution in [0.2, 0.25) is 5.02 Å². The van der Waals surface area contributed by atoms with Crippen molar-refractivity contribution in [2.24, 2.45) is 0 Å². The molecule has 0 radical (unpaired) electrons. The van der Waals surface area contributed by atoms with Crippen molar-refractivity contribution in [2.45, 2.75) is 6.92 Å². The van der Waals surface area contributed by atoms with Crippen molar-refractivity contribution in [1.29, 1.82) is 0 Å². The highest BCUT2D eigenvalue weighted by Crippen LogP contribution is 2.19. The van der Waals surface area contributed by atoms with Gasteiger partial charge in [-0.1, -0.05) is 11.6 Å². The number of nitrogens with two attached hydrogens (primary N) is 1. The summed E-state index contributed by atoms with van der Waals surface area (Å²) in [6, 6.07) is 5.21. The summed E-state index contributed by atoms with van der Waals surface area (Å²) in [5, 5.41) is 2.62. The lowest BCUT2D eigenvalue weighted by Gasteiger charge is -2.07. The number of hydrogen-bond acceptors (Lipinski definition) is 3. The number of rotatable bonds is 2. The molecule has 0 saturated carbocycles. The molecule has 98 valence electrons. The van der Waals surface area contributed by atoms with Crippen LogP contribution < -0.4 is 11.1 Å². The normalized spacial score (nSPS) is 10.3. The zero-order chi connectivity index (χ0) is 14.0. The van der Waals surface area contributed by atoms with Crippen LogP contribution in [0.4, 0.5) is 15.9 Å². The van der Waals surface area contributed by atoms with Crippen LogP contribution in [0, 0.1) is 12.7 Å². The standard InChI is InChI=1S/C13H11ClFN3O/c1-7-4-12(17-6-11(7)16)18-13(19)9-3-2-8(15)5-10(9)14/h2-6H,16H2,1H3,(H,17,18,19). The zero-order valence-electron chi connectivity index (χ0n) is 10.1. The first-order chi connectivity index (χ1) is 8.97. The maximum absolute atomic E-state index is 12.9. The molecule has 3 N–H and O–H groups in total. The predicted molar refractivity (Wildman–Crippen MR) is 72.7 cm³/mol. The highest BCUT2D eigenvalue weighted by atomic mass is 35.5. The Kier molecular flexibility index (Phi) is 3.66. The number of aryl methyl sites for hydroxylation is 1. The lowest BCUT2D eigenvalue weighted by atomic mass is 10.2. The second kappa shape index (κ2) is 5.24. The van der Waals surface area contributed by atoms with Crippen molar-refractivity contribution in [2.75, 3.05) is 11.1 Å². The van der Waals surface area contributed by atoms with Gasteiger partial charge in [-0.15, -0.1) is 0 Å². The molecule has 0 saturated heterocycles. The Morgan fingerprint density at radius 3 is 2.79 bits per heavy atom. The van der Waals surface area contributed by atoms with Crippen molar-refractivity contribution < 1.29 is 9.18 Å². The van der Waals surface area contributed by atoms with E-state index >= 15 is 0 Å². The van der Waals surface area contributed by atoms with Gasteiger partial charge in [-0.3, -0.25) is 4.79 Å². The number of nitrogen functional groups attached to an aromatic ring is 1. The van der Waals surface area contributed by atoms with Crippen LogP contribution in [-0.2, 0) is 0 Å². The number of aromatic nitrogens is 1. The summed E-state index contributed by atoms with van der Waals surface area (Å²) >= 11 is 5.81. The fourth-order valence-corrected chi connectivity index (χ4v) is 1.75. The third-order valence-electron chi connectivity index (χ3n) is 2.57. The Morgan fingerprint density at radius 1 is 1.42 bits per heavy atom. The molecule has 1 aromatic heterocycles. The van der Waals surface area contributed by atoms with Gasteiger partial charge >= 0.3 is 0 Å². The summed E-state index contributed by atoms with van der Waals surface area (Å²) in [6.45, 7) is 1.80. The van der Waals surface area contributed by atoms with Gasteiger partial charge < -0.3 is 11.1 Å². The minimum Gasteiger partial charge on any atom is -0.397 e. The van der Waals surface area contributed by atoms with Crippen LogP contribution in [0.5, 0.6) is 0 Å². The van der Waals surface area contributed by atoms with Crippen LogP contribution in [-0.4, -0.2) is 10.9 Å². The molecule has 2 aromatic rings. The molecule has 0 aliphatic heterocycles. The molecular weight excluding hydrogens is 269 g/mol. The number of benzene rings is 1. The van der Waals surface area contributed by atoms with Crippen LogP contribution in [0.1, 0.15) is 15.9 Å². The summed E-state index contributed by atoms with van der Waals surface area (Å²) in [6.07, 6.45) is 1.46. The summed E-state index contributed by atoms with van der Waals surface area (Å²) in [5.74, 6) is -0.596. The van der Waals surface area contributed by atoms with Crippen molar-refractivity contribution in [3.63, 3.8) is 0 Å². The molecule has 1 heterocycles. The molecule has 1 amide bonds. The molecule has 0 unspecified atom stereocenters. The van der Waals surface area contributed by atoms with Gasteiger partial charge in [0.05, 0.1) is 22.5 Å². The number of nitrogens with one attached hydrogen (secondary N) is 1. The predicted octanol–water partition coefficient (Wildman–Crippen LogP) is 3.02. The lowest BCUT2D eigenvalue weighted by molar-refractivity contribution is 0.102. The summed E-state index contributed by atoms with van der Waals surface area (Å²) < 4.78 is 12.9. The monoisotopic (exact) mass is 279 g/mol. The molecule has 0 aliphatic rings. The molecule has 0 atom stereocenters. The molecule has 0 fully saturated rings. The van der Waals surface area contributed by atoms with Crippen LogP contribution in [0.25, 0.3) is 0 Å². The second-order valence-electron chi connectivity index (χ2n) is 4.00. The van der Waals surface area contributed by atoms with Gasteiger partial charge in [-0.2, -0.15) is 0 Å². The van der Waals surface area contributed by atoms with E-state index in [0.29, 0.717) is 11.5 Å². The number of carbonyl (C=O) groups is 1. The Bertz CT molecular complexity index is 646. The smallest absolute Gasteiger partial charge is 0.258 e. The van der Waals surface area contributed by atoms with E-state index in [-0.39, 0.29) is 10.6 Å². The number of amides is 1. The number of nitrogens with zero attached hydrogens (tertiary/aromatic N) is 1. The average molecular weight is 280 g/mol. The Labute approximate surface area is 114 Å². The van der Waals surface area contributed by atoms with Gasteiger partial charge in [0.1, 0.15) is 11.6 Å². The van der Waals surface area contributed by atoms with E-state index < -0.39 is 11.7 Å². The highest BCUT2D eigenvalue weighted by Gasteiger charge is 2.12. The maximum atomic E-state index is 12.9. The molecule has 0 aliphatic carbocycles. The van der Waals surface area contributed by atoms with Crippen molar-refractivity contribution in [3.05, 3.63) is 52.4 Å². The molecule has 6 heteroatoms. The van der Waals surface area contributed by atoms with Gasteiger partial charge in [0.2, 0.25) is 0 Å². The molecule has 19 heavy (non-hydrogen) atoms. The highest BCUT2D eigenvalue weighted by molar-refractivity contribution is 6.34. The van der Waals surface area contributed by atoms with Gasteiger partial charge in [-0.25, -0.2) is 9.37 Å². The van der Waals surface area contributed by atoms with E-state index in [1.54, 1.807) is 13.0 Å². The van der Waals surface area contributed by atoms with Gasteiger partial charge in [0, 0.05) is 0 Å². The summed E-state index contributed by atoms with van der Waals surface area (Å²) in [4.78, 5) is 15.9. The molecule has 0 bridgehead atoms. The minimum atomic E-state index is -0.497. The molecule has 0 spiro atoms. The fraction of sp³-hybridized carbons (Fsp3) is 0.0769.